The van der Waals surface area contributed by atoms with Gasteiger partial charge < -0.3 is 9.94 Å². The molecule has 2 rings (SSSR count). The SMILES string of the molecule is CON[C@@]1(CCC(C)C)C(=O)C=C(O)c2ccccc21.Cl. The Morgan fingerprint density at radius 2 is 2.00 bits per heavy atom. The Bertz CT molecular complexity index is 542. The first kappa shape index (κ1) is 17.7. The minimum absolute atomic E-state index is 0. The van der Waals surface area contributed by atoms with E-state index >= 15 is 0 Å². The van der Waals surface area contributed by atoms with Crippen molar-refractivity contribution in [3.8, 4) is 0 Å². The Balaban J connectivity index is 0.00000220. The highest BCUT2D eigenvalue weighted by molar-refractivity contribution is 6.06. The molecule has 0 saturated carbocycles. The third kappa shape index (κ3) is 3.28. The first-order chi connectivity index (χ1) is 9.51. The molecular weight excluding hydrogens is 290 g/mol. The van der Waals surface area contributed by atoms with E-state index in [2.05, 4.69) is 19.3 Å². The largest absolute Gasteiger partial charge is 0.507 e. The number of aliphatic hydroxyl groups is 1. The van der Waals surface area contributed by atoms with E-state index in [1.54, 1.807) is 0 Å². The maximum Gasteiger partial charge on any atom is 0.186 e. The number of hydrogen-bond acceptors (Lipinski definition) is 4. The van der Waals surface area contributed by atoms with Gasteiger partial charge in [0, 0.05) is 11.6 Å². The van der Waals surface area contributed by atoms with E-state index in [-0.39, 0.29) is 23.9 Å². The third-order valence-electron chi connectivity index (χ3n) is 3.72. The van der Waals surface area contributed by atoms with Crippen LogP contribution in [0.15, 0.2) is 30.3 Å². The van der Waals surface area contributed by atoms with Crippen LogP contribution in [0.3, 0.4) is 0 Å². The van der Waals surface area contributed by atoms with E-state index in [0.29, 0.717) is 17.9 Å². The summed E-state index contributed by atoms with van der Waals surface area (Å²) in [6.45, 7) is 4.24. The maximum absolute atomic E-state index is 12.5. The van der Waals surface area contributed by atoms with Crippen LogP contribution in [-0.2, 0) is 15.2 Å². The number of benzene rings is 1. The van der Waals surface area contributed by atoms with E-state index < -0.39 is 5.54 Å². The van der Waals surface area contributed by atoms with E-state index in [4.69, 9.17) is 4.84 Å². The van der Waals surface area contributed by atoms with Crippen molar-refractivity contribution < 1.29 is 14.7 Å². The van der Waals surface area contributed by atoms with Crippen molar-refractivity contribution in [1.29, 1.82) is 0 Å². The molecule has 0 radical (unpaired) electrons. The molecule has 0 saturated heterocycles. The molecule has 1 aliphatic carbocycles. The van der Waals surface area contributed by atoms with E-state index in [9.17, 15) is 9.90 Å². The van der Waals surface area contributed by atoms with Gasteiger partial charge in [0.25, 0.3) is 0 Å². The normalized spacial score (nSPS) is 20.8. The lowest BCUT2D eigenvalue weighted by Crippen LogP contribution is -2.50. The molecule has 21 heavy (non-hydrogen) atoms. The molecule has 1 atom stereocenters. The average Bonchev–Trinajstić information content (AvgIpc) is 2.42. The predicted octanol–water partition coefficient (Wildman–Crippen LogP) is 3.37. The summed E-state index contributed by atoms with van der Waals surface area (Å²) in [5.41, 5.74) is 3.41. The molecule has 0 unspecified atom stereocenters. The van der Waals surface area contributed by atoms with Crippen molar-refractivity contribution in [1.82, 2.24) is 5.48 Å². The van der Waals surface area contributed by atoms with Gasteiger partial charge in [0.1, 0.15) is 11.3 Å². The number of carbonyl (C=O) groups excluding carboxylic acids is 1. The Hall–Kier alpha value is -1.36. The van der Waals surface area contributed by atoms with Gasteiger partial charge in [0.15, 0.2) is 5.78 Å². The summed E-state index contributed by atoms with van der Waals surface area (Å²) < 4.78 is 0. The van der Waals surface area contributed by atoms with Gasteiger partial charge in [-0.05, 0) is 24.3 Å². The quantitative estimate of drug-likeness (QED) is 0.819. The molecular formula is C16H22ClNO3. The fourth-order valence-corrected chi connectivity index (χ4v) is 2.63. The molecule has 1 aromatic rings. The number of rotatable bonds is 5. The molecule has 116 valence electrons. The molecule has 1 aromatic carbocycles. The highest BCUT2D eigenvalue weighted by Gasteiger charge is 2.43. The van der Waals surface area contributed by atoms with Crippen molar-refractivity contribution in [3.63, 3.8) is 0 Å². The van der Waals surface area contributed by atoms with Crippen molar-refractivity contribution in [2.45, 2.75) is 32.2 Å². The van der Waals surface area contributed by atoms with Gasteiger partial charge >= 0.3 is 0 Å². The summed E-state index contributed by atoms with van der Waals surface area (Å²) in [6, 6.07) is 7.39. The summed E-state index contributed by atoms with van der Waals surface area (Å²) in [5, 5.41) is 9.98. The van der Waals surface area contributed by atoms with Crippen LogP contribution >= 0.6 is 12.4 Å². The Kier molecular flexibility index (Phi) is 5.96. The van der Waals surface area contributed by atoms with Gasteiger partial charge in [-0.25, -0.2) is 0 Å². The smallest absolute Gasteiger partial charge is 0.186 e. The van der Waals surface area contributed by atoms with Crippen molar-refractivity contribution in [3.05, 3.63) is 41.5 Å². The fraction of sp³-hybridized carbons (Fsp3) is 0.438. The summed E-state index contributed by atoms with van der Waals surface area (Å²) in [7, 11) is 1.51. The Morgan fingerprint density at radius 1 is 1.33 bits per heavy atom. The molecule has 0 amide bonds. The van der Waals surface area contributed by atoms with Crippen molar-refractivity contribution in [2.24, 2.45) is 5.92 Å². The number of halogens is 1. The number of fused-ring (bicyclic) bond motifs is 1. The van der Waals surface area contributed by atoms with Crippen molar-refractivity contribution >= 4 is 23.9 Å². The molecule has 0 spiro atoms. The lowest BCUT2D eigenvalue weighted by molar-refractivity contribution is -0.128. The first-order valence-electron chi connectivity index (χ1n) is 6.86. The molecule has 5 heteroatoms. The Morgan fingerprint density at radius 3 is 2.62 bits per heavy atom. The van der Waals surface area contributed by atoms with Gasteiger partial charge in [-0.15, -0.1) is 12.4 Å². The molecule has 1 aliphatic rings. The van der Waals surface area contributed by atoms with Crippen LogP contribution in [0.4, 0.5) is 0 Å². The molecule has 0 bridgehead atoms. The van der Waals surface area contributed by atoms with Gasteiger partial charge in [0.2, 0.25) is 0 Å². The minimum Gasteiger partial charge on any atom is -0.507 e. The summed E-state index contributed by atoms with van der Waals surface area (Å²) in [4.78, 5) is 17.6. The molecule has 0 heterocycles. The lowest BCUT2D eigenvalue weighted by Gasteiger charge is -2.36. The van der Waals surface area contributed by atoms with Gasteiger partial charge in [-0.1, -0.05) is 38.1 Å². The lowest BCUT2D eigenvalue weighted by atomic mass is 9.75. The van der Waals surface area contributed by atoms with Crippen molar-refractivity contribution in [2.75, 3.05) is 7.11 Å². The molecule has 0 aromatic heterocycles. The fourth-order valence-electron chi connectivity index (χ4n) is 2.63. The summed E-state index contributed by atoms with van der Waals surface area (Å²) >= 11 is 0. The number of ketones is 1. The topological polar surface area (TPSA) is 58.6 Å². The number of hydrogen-bond donors (Lipinski definition) is 2. The van der Waals surface area contributed by atoms with E-state index in [0.717, 1.165) is 12.0 Å². The molecule has 0 fully saturated rings. The van der Waals surface area contributed by atoms with Crippen LogP contribution in [0.2, 0.25) is 0 Å². The zero-order chi connectivity index (χ0) is 14.8. The number of carbonyl (C=O) groups is 1. The summed E-state index contributed by atoms with van der Waals surface area (Å²) in [5.74, 6) is 0.324. The van der Waals surface area contributed by atoms with Crippen LogP contribution in [0.5, 0.6) is 0 Å². The zero-order valence-electron chi connectivity index (χ0n) is 12.6. The minimum atomic E-state index is -0.915. The number of nitrogens with one attached hydrogen (secondary N) is 1. The van der Waals surface area contributed by atoms with Crippen LogP contribution in [0.25, 0.3) is 5.76 Å². The third-order valence-corrected chi connectivity index (χ3v) is 3.72. The van der Waals surface area contributed by atoms with E-state index in [1.165, 1.54) is 13.2 Å². The van der Waals surface area contributed by atoms with E-state index in [1.807, 2.05) is 24.3 Å². The number of hydroxylamine groups is 1. The summed E-state index contributed by atoms with van der Waals surface area (Å²) in [6.07, 6.45) is 2.79. The van der Waals surface area contributed by atoms with Gasteiger partial charge in [-0.3, -0.25) is 4.79 Å². The second-order valence-corrected chi connectivity index (χ2v) is 5.58. The van der Waals surface area contributed by atoms with Crippen LogP contribution in [0.1, 0.15) is 37.8 Å². The maximum atomic E-state index is 12.5. The molecule has 0 aliphatic heterocycles. The predicted molar refractivity (Wildman–Crippen MR) is 85.2 cm³/mol. The second-order valence-electron chi connectivity index (χ2n) is 5.58. The van der Waals surface area contributed by atoms with Crippen LogP contribution < -0.4 is 5.48 Å². The van der Waals surface area contributed by atoms with Crippen LogP contribution in [0, 0.1) is 5.92 Å². The zero-order valence-corrected chi connectivity index (χ0v) is 13.4. The Labute approximate surface area is 131 Å². The number of aliphatic hydroxyl groups excluding tert-OH is 1. The average molecular weight is 312 g/mol. The van der Waals surface area contributed by atoms with Crippen LogP contribution in [-0.4, -0.2) is 18.0 Å². The van der Waals surface area contributed by atoms with Gasteiger partial charge in [-0.2, -0.15) is 5.48 Å². The molecule has 2 N–H and O–H groups in total. The second kappa shape index (κ2) is 7.07. The first-order valence-corrected chi connectivity index (χ1v) is 6.86. The standard InChI is InChI=1S/C16H21NO3.ClH/c1-11(2)8-9-16(17-20-3)13-7-5-4-6-12(13)14(18)10-15(16)19;/h4-7,10-11,17-18H,8-9H2,1-3H3;1H/t16-;/m1./s1. The highest BCUT2D eigenvalue weighted by Crippen LogP contribution is 2.38. The highest BCUT2D eigenvalue weighted by atomic mass is 35.5. The van der Waals surface area contributed by atoms with Gasteiger partial charge in [0.05, 0.1) is 7.11 Å². The monoisotopic (exact) mass is 311 g/mol. The molecule has 4 nitrogen and oxygen atoms in total.